The highest BCUT2D eigenvalue weighted by Gasteiger charge is 2.16. The summed E-state index contributed by atoms with van der Waals surface area (Å²) >= 11 is 0. The summed E-state index contributed by atoms with van der Waals surface area (Å²) in [5.41, 5.74) is 2.99. The molecule has 0 fully saturated rings. The molecular weight excluding hydrogens is 402 g/mol. The van der Waals surface area contributed by atoms with E-state index in [4.69, 9.17) is 4.74 Å². The monoisotopic (exact) mass is 425 g/mol. The highest BCUT2D eigenvalue weighted by Crippen LogP contribution is 2.20. The van der Waals surface area contributed by atoms with Crippen molar-refractivity contribution < 1.29 is 17.9 Å². The van der Waals surface area contributed by atoms with E-state index >= 15 is 0 Å². The molecule has 156 valence electrons. The van der Waals surface area contributed by atoms with E-state index < -0.39 is 9.84 Å². The minimum atomic E-state index is -3.51. The van der Waals surface area contributed by atoms with E-state index in [1.807, 2.05) is 24.3 Å². The summed E-state index contributed by atoms with van der Waals surface area (Å²) in [6, 6.07) is 16.7. The number of sulfone groups is 1. The van der Waals surface area contributed by atoms with E-state index in [-0.39, 0.29) is 16.7 Å². The molecule has 3 rings (SSSR count). The van der Waals surface area contributed by atoms with Gasteiger partial charge in [0.05, 0.1) is 17.3 Å². The first-order valence-corrected chi connectivity index (χ1v) is 10.9. The summed E-state index contributed by atoms with van der Waals surface area (Å²) in [6.45, 7) is 0.769. The molecule has 2 aromatic carbocycles. The maximum Gasteiger partial charge on any atom is 0.319 e. The van der Waals surface area contributed by atoms with Gasteiger partial charge in [-0.05, 0) is 47.0 Å². The second-order valence-electron chi connectivity index (χ2n) is 6.71. The maximum absolute atomic E-state index is 12.7. The number of nitrogens with one attached hydrogen (secondary N) is 2. The molecule has 0 aliphatic rings. The highest BCUT2D eigenvalue weighted by molar-refractivity contribution is 7.90. The molecule has 0 aliphatic carbocycles. The Balaban J connectivity index is 1.60. The van der Waals surface area contributed by atoms with Crippen molar-refractivity contribution in [1.29, 1.82) is 0 Å². The number of aromatic nitrogens is 1. The van der Waals surface area contributed by atoms with Crippen LogP contribution in [0.25, 0.3) is 0 Å². The number of anilines is 1. The lowest BCUT2D eigenvalue weighted by Gasteiger charge is -2.09. The van der Waals surface area contributed by atoms with Gasteiger partial charge in [-0.1, -0.05) is 30.3 Å². The third-order valence-corrected chi connectivity index (χ3v) is 6.01. The first kappa shape index (κ1) is 21.5. The van der Waals surface area contributed by atoms with Crippen LogP contribution in [-0.2, 0) is 33.5 Å². The van der Waals surface area contributed by atoms with Crippen LogP contribution in [0.5, 0.6) is 0 Å². The molecule has 0 aliphatic heterocycles. The summed E-state index contributed by atoms with van der Waals surface area (Å²) in [5, 5.41) is 5.40. The number of hydrogen-bond donors (Lipinski definition) is 2. The first-order valence-electron chi connectivity index (χ1n) is 9.29. The fourth-order valence-electron chi connectivity index (χ4n) is 2.88. The molecule has 0 atom stereocenters. The Bertz CT molecular complexity index is 1080. The highest BCUT2D eigenvalue weighted by atomic mass is 32.2. The number of methoxy groups -OCH3 is 1. The van der Waals surface area contributed by atoms with Gasteiger partial charge in [0.25, 0.3) is 0 Å². The van der Waals surface area contributed by atoms with Crippen LogP contribution in [0.4, 0.5) is 10.5 Å². The number of pyridine rings is 1. The van der Waals surface area contributed by atoms with Gasteiger partial charge in [0.1, 0.15) is 0 Å². The summed E-state index contributed by atoms with van der Waals surface area (Å²) in [7, 11) is -1.92. The van der Waals surface area contributed by atoms with E-state index in [0.717, 1.165) is 11.1 Å². The smallest absolute Gasteiger partial charge is 0.319 e. The van der Waals surface area contributed by atoms with Gasteiger partial charge in [-0.3, -0.25) is 4.98 Å². The van der Waals surface area contributed by atoms with Crippen molar-refractivity contribution in [3.63, 3.8) is 0 Å². The van der Waals surface area contributed by atoms with Gasteiger partial charge in [-0.15, -0.1) is 0 Å². The minimum Gasteiger partial charge on any atom is -0.380 e. The Labute approximate surface area is 176 Å². The maximum atomic E-state index is 12.7. The second kappa shape index (κ2) is 10.00. The lowest BCUT2D eigenvalue weighted by atomic mass is 10.1. The number of carbonyl (C=O) groups excluding carboxylic acids is 1. The van der Waals surface area contributed by atoms with E-state index in [9.17, 15) is 13.2 Å². The molecule has 7 nitrogen and oxygen atoms in total. The fraction of sp³-hybridized carbons (Fsp3) is 0.182. The topological polar surface area (TPSA) is 97.4 Å². The van der Waals surface area contributed by atoms with E-state index in [2.05, 4.69) is 15.6 Å². The van der Waals surface area contributed by atoms with Crippen molar-refractivity contribution in [3.8, 4) is 0 Å². The Hall–Kier alpha value is -3.23. The number of hydrogen-bond acceptors (Lipinski definition) is 5. The average Bonchev–Trinajstić information content (AvgIpc) is 2.74. The third-order valence-electron chi connectivity index (χ3n) is 4.31. The van der Waals surface area contributed by atoms with E-state index in [1.54, 1.807) is 43.8 Å². The zero-order valence-electron chi connectivity index (χ0n) is 16.5. The van der Waals surface area contributed by atoms with Gasteiger partial charge >= 0.3 is 6.03 Å². The van der Waals surface area contributed by atoms with Crippen LogP contribution in [-0.4, -0.2) is 26.5 Å². The molecular formula is C22H23N3O4S. The van der Waals surface area contributed by atoms with Crippen LogP contribution in [0.3, 0.4) is 0 Å². The molecule has 30 heavy (non-hydrogen) atoms. The van der Waals surface area contributed by atoms with Gasteiger partial charge in [0.15, 0.2) is 9.84 Å². The Morgan fingerprint density at radius 3 is 2.43 bits per heavy atom. The number of ether oxygens (including phenoxy) is 1. The predicted octanol–water partition coefficient (Wildman–Crippen LogP) is 3.52. The number of amides is 2. The van der Waals surface area contributed by atoms with E-state index in [0.29, 0.717) is 24.4 Å². The zero-order chi connectivity index (χ0) is 21.4. The minimum absolute atomic E-state index is 0.108. The predicted molar refractivity (Wildman–Crippen MR) is 115 cm³/mol. The molecule has 0 saturated heterocycles. The lowest BCUT2D eigenvalue weighted by molar-refractivity contribution is 0.185. The summed E-state index contributed by atoms with van der Waals surface area (Å²) < 4.78 is 30.5. The Morgan fingerprint density at radius 2 is 1.73 bits per heavy atom. The normalized spacial score (nSPS) is 11.1. The molecule has 1 aromatic heterocycles. The van der Waals surface area contributed by atoms with Crippen molar-refractivity contribution in [2.45, 2.75) is 23.8 Å². The third kappa shape index (κ3) is 6.13. The molecule has 0 spiro atoms. The number of rotatable bonds is 8. The van der Waals surface area contributed by atoms with Gasteiger partial charge < -0.3 is 15.4 Å². The number of benzene rings is 2. The Kier molecular flexibility index (Phi) is 7.16. The average molecular weight is 426 g/mol. The molecule has 2 amide bonds. The molecule has 0 saturated carbocycles. The SMILES string of the molecule is COCc1cccc(CS(=O)(=O)c2ccc(NC(=O)NCc3cccnc3)cc2)c1. The van der Waals surface area contributed by atoms with Crippen molar-refractivity contribution >= 4 is 21.6 Å². The van der Waals surface area contributed by atoms with Crippen molar-refractivity contribution in [2.24, 2.45) is 0 Å². The number of nitrogens with zero attached hydrogens (tertiary/aromatic N) is 1. The second-order valence-corrected chi connectivity index (χ2v) is 8.69. The molecule has 0 unspecified atom stereocenters. The first-order chi connectivity index (χ1) is 14.5. The summed E-state index contributed by atoms with van der Waals surface area (Å²) in [4.78, 5) is 16.2. The fourth-order valence-corrected chi connectivity index (χ4v) is 4.22. The molecule has 3 aromatic rings. The molecule has 2 N–H and O–H groups in total. The zero-order valence-corrected chi connectivity index (χ0v) is 17.4. The van der Waals surface area contributed by atoms with Crippen molar-refractivity contribution in [3.05, 3.63) is 89.7 Å². The van der Waals surface area contributed by atoms with Gasteiger partial charge in [-0.25, -0.2) is 13.2 Å². The van der Waals surface area contributed by atoms with Gasteiger partial charge in [0.2, 0.25) is 0 Å². The standard InChI is InChI=1S/C22H23N3O4S/c1-29-15-17-4-2-5-18(12-17)16-30(27,28)21-9-7-20(8-10-21)25-22(26)24-14-19-6-3-11-23-13-19/h2-13H,14-16H2,1H3,(H2,24,25,26). The van der Waals surface area contributed by atoms with Crippen LogP contribution >= 0.6 is 0 Å². The quantitative estimate of drug-likeness (QED) is 0.575. The van der Waals surface area contributed by atoms with Crippen LogP contribution in [0.1, 0.15) is 16.7 Å². The van der Waals surface area contributed by atoms with Crippen molar-refractivity contribution in [2.75, 3.05) is 12.4 Å². The number of urea groups is 1. The van der Waals surface area contributed by atoms with E-state index in [1.165, 1.54) is 12.1 Å². The summed E-state index contributed by atoms with van der Waals surface area (Å²) in [5.74, 6) is -0.108. The molecule has 0 bridgehead atoms. The van der Waals surface area contributed by atoms with Crippen LogP contribution in [0.15, 0.2) is 78.0 Å². The van der Waals surface area contributed by atoms with Gasteiger partial charge in [0, 0.05) is 31.7 Å². The number of carbonyl (C=O) groups is 1. The van der Waals surface area contributed by atoms with Gasteiger partial charge in [-0.2, -0.15) is 0 Å². The van der Waals surface area contributed by atoms with Crippen LogP contribution < -0.4 is 10.6 Å². The Morgan fingerprint density at radius 1 is 1.00 bits per heavy atom. The van der Waals surface area contributed by atoms with Crippen LogP contribution in [0.2, 0.25) is 0 Å². The molecule has 8 heteroatoms. The largest absolute Gasteiger partial charge is 0.380 e. The lowest BCUT2D eigenvalue weighted by Crippen LogP contribution is -2.28. The molecule has 0 radical (unpaired) electrons. The van der Waals surface area contributed by atoms with Crippen LogP contribution in [0, 0.1) is 0 Å². The summed E-state index contributed by atoms with van der Waals surface area (Å²) in [6.07, 6.45) is 3.33. The van der Waals surface area contributed by atoms with Crippen molar-refractivity contribution in [1.82, 2.24) is 10.3 Å². The molecule has 1 heterocycles.